The minimum atomic E-state index is 0.150. The molecular weight excluding hydrogens is 363 g/mol. The highest BCUT2D eigenvalue weighted by Gasteiger charge is 2.25. The maximum absolute atomic E-state index is 12.5. The summed E-state index contributed by atoms with van der Waals surface area (Å²) in [4.78, 5) is 17.0. The zero-order valence-corrected chi connectivity index (χ0v) is 14.5. The van der Waals surface area contributed by atoms with Crippen LogP contribution in [0.4, 0.5) is 0 Å². The van der Waals surface area contributed by atoms with E-state index in [1.165, 1.54) is 13.0 Å². The van der Waals surface area contributed by atoms with E-state index in [1.54, 1.807) is 0 Å². The first-order chi connectivity index (χ1) is 9.61. The van der Waals surface area contributed by atoms with Crippen molar-refractivity contribution in [1.29, 1.82) is 0 Å². The van der Waals surface area contributed by atoms with Crippen LogP contribution in [0.15, 0.2) is 24.3 Å². The maximum atomic E-state index is 12.5. The van der Waals surface area contributed by atoms with Crippen molar-refractivity contribution in [2.45, 2.75) is 32.2 Å². The van der Waals surface area contributed by atoms with Crippen LogP contribution in [-0.2, 0) is 0 Å². The number of carbonyl (C=O) groups excluding carboxylic acids is 1. The Morgan fingerprint density at radius 3 is 2.70 bits per heavy atom. The van der Waals surface area contributed by atoms with E-state index in [9.17, 15) is 4.79 Å². The van der Waals surface area contributed by atoms with E-state index in [0.29, 0.717) is 6.04 Å². The molecule has 2 rings (SSSR count). The minimum Gasteiger partial charge on any atom is -0.339 e. The molecule has 0 bridgehead atoms. The van der Waals surface area contributed by atoms with Gasteiger partial charge in [0.05, 0.1) is 0 Å². The van der Waals surface area contributed by atoms with Crippen molar-refractivity contribution in [3.8, 4) is 0 Å². The standard InChI is InChI=1S/C16H23IN2O/c1-3-9-19-10-7-15(8-11-19)18(2)16(20)13-5-4-6-14(17)12-13/h4-6,12,15H,3,7-11H2,1-2H3. The first-order valence-electron chi connectivity index (χ1n) is 7.37. The Morgan fingerprint density at radius 1 is 1.40 bits per heavy atom. The smallest absolute Gasteiger partial charge is 0.253 e. The Balaban J connectivity index is 1.95. The maximum Gasteiger partial charge on any atom is 0.253 e. The van der Waals surface area contributed by atoms with E-state index in [1.807, 2.05) is 36.2 Å². The molecule has 1 aromatic carbocycles. The molecule has 1 saturated heterocycles. The molecule has 0 saturated carbocycles. The fourth-order valence-electron chi connectivity index (χ4n) is 2.84. The largest absolute Gasteiger partial charge is 0.339 e. The van der Waals surface area contributed by atoms with E-state index in [4.69, 9.17) is 0 Å². The van der Waals surface area contributed by atoms with Gasteiger partial charge in [0.2, 0.25) is 0 Å². The lowest BCUT2D eigenvalue weighted by molar-refractivity contribution is 0.0642. The number of likely N-dealkylation sites (tertiary alicyclic amines) is 1. The molecule has 1 fully saturated rings. The highest BCUT2D eigenvalue weighted by Crippen LogP contribution is 2.18. The molecule has 0 aliphatic carbocycles. The molecule has 4 heteroatoms. The van der Waals surface area contributed by atoms with Gasteiger partial charge in [0, 0.05) is 35.3 Å². The van der Waals surface area contributed by atoms with Gasteiger partial charge in [-0.25, -0.2) is 0 Å². The number of carbonyl (C=O) groups is 1. The van der Waals surface area contributed by atoms with E-state index < -0.39 is 0 Å². The summed E-state index contributed by atoms with van der Waals surface area (Å²) in [6, 6.07) is 8.22. The molecule has 1 amide bonds. The number of amides is 1. The van der Waals surface area contributed by atoms with Gasteiger partial charge in [-0.1, -0.05) is 13.0 Å². The van der Waals surface area contributed by atoms with Crippen molar-refractivity contribution >= 4 is 28.5 Å². The fourth-order valence-corrected chi connectivity index (χ4v) is 3.38. The number of hydrogen-bond donors (Lipinski definition) is 0. The van der Waals surface area contributed by atoms with Crippen molar-refractivity contribution in [1.82, 2.24) is 9.80 Å². The van der Waals surface area contributed by atoms with Gasteiger partial charge >= 0.3 is 0 Å². The average Bonchev–Trinajstić information content (AvgIpc) is 2.47. The summed E-state index contributed by atoms with van der Waals surface area (Å²) in [6.07, 6.45) is 3.39. The Morgan fingerprint density at radius 2 is 2.10 bits per heavy atom. The number of piperidine rings is 1. The van der Waals surface area contributed by atoms with Gasteiger partial charge in [0.25, 0.3) is 5.91 Å². The Hall–Kier alpha value is -0.620. The van der Waals surface area contributed by atoms with Gasteiger partial charge in [0.15, 0.2) is 0 Å². The number of rotatable bonds is 4. The predicted octanol–water partition coefficient (Wildman–Crippen LogP) is 3.24. The van der Waals surface area contributed by atoms with Crippen LogP contribution in [0, 0.1) is 3.57 Å². The van der Waals surface area contributed by atoms with Crippen LogP contribution in [0.2, 0.25) is 0 Å². The van der Waals surface area contributed by atoms with Crippen LogP contribution < -0.4 is 0 Å². The third-order valence-electron chi connectivity index (χ3n) is 4.04. The van der Waals surface area contributed by atoms with Gasteiger partial charge in [-0.3, -0.25) is 4.79 Å². The molecule has 20 heavy (non-hydrogen) atoms. The fraction of sp³-hybridized carbons (Fsp3) is 0.562. The molecule has 110 valence electrons. The Bertz CT molecular complexity index is 456. The van der Waals surface area contributed by atoms with Crippen molar-refractivity contribution in [2.75, 3.05) is 26.7 Å². The minimum absolute atomic E-state index is 0.150. The van der Waals surface area contributed by atoms with Crippen LogP contribution in [0.1, 0.15) is 36.5 Å². The monoisotopic (exact) mass is 386 g/mol. The summed E-state index contributed by atoms with van der Waals surface area (Å²) >= 11 is 2.25. The van der Waals surface area contributed by atoms with Crippen LogP contribution in [0.3, 0.4) is 0 Å². The zero-order valence-electron chi connectivity index (χ0n) is 12.3. The van der Waals surface area contributed by atoms with Gasteiger partial charge in [-0.2, -0.15) is 0 Å². The molecule has 1 aliphatic heterocycles. The summed E-state index contributed by atoms with van der Waals surface area (Å²) < 4.78 is 1.11. The normalized spacial score (nSPS) is 17.1. The predicted molar refractivity (Wildman–Crippen MR) is 91.0 cm³/mol. The van der Waals surface area contributed by atoms with Crippen LogP contribution in [-0.4, -0.2) is 48.4 Å². The molecule has 0 N–H and O–H groups in total. The van der Waals surface area contributed by atoms with Gasteiger partial charge in [-0.15, -0.1) is 0 Å². The topological polar surface area (TPSA) is 23.6 Å². The molecule has 1 aliphatic rings. The van der Waals surface area contributed by atoms with E-state index >= 15 is 0 Å². The molecule has 0 aromatic heterocycles. The van der Waals surface area contributed by atoms with Crippen LogP contribution in [0.25, 0.3) is 0 Å². The second-order valence-electron chi connectivity index (χ2n) is 5.50. The van der Waals surface area contributed by atoms with Gasteiger partial charge in [0.1, 0.15) is 0 Å². The summed E-state index contributed by atoms with van der Waals surface area (Å²) in [6.45, 7) is 5.63. The summed E-state index contributed by atoms with van der Waals surface area (Å²) in [7, 11) is 1.95. The molecule has 1 heterocycles. The lowest BCUT2D eigenvalue weighted by Crippen LogP contribution is -2.45. The zero-order chi connectivity index (χ0) is 14.5. The third-order valence-corrected chi connectivity index (χ3v) is 4.71. The molecule has 0 unspecified atom stereocenters. The van der Waals surface area contributed by atoms with Crippen molar-refractivity contribution < 1.29 is 4.79 Å². The first-order valence-corrected chi connectivity index (χ1v) is 8.44. The molecule has 1 aromatic rings. The second kappa shape index (κ2) is 7.41. The van der Waals surface area contributed by atoms with Crippen molar-refractivity contribution in [3.63, 3.8) is 0 Å². The SMILES string of the molecule is CCCN1CCC(N(C)C(=O)c2cccc(I)c2)CC1. The molecule has 0 spiro atoms. The number of hydrogen-bond acceptors (Lipinski definition) is 2. The van der Waals surface area contributed by atoms with E-state index in [0.717, 1.165) is 35.1 Å². The van der Waals surface area contributed by atoms with Crippen molar-refractivity contribution in [3.05, 3.63) is 33.4 Å². The molecule has 0 atom stereocenters. The second-order valence-corrected chi connectivity index (χ2v) is 6.74. The number of nitrogens with zero attached hydrogens (tertiary/aromatic N) is 2. The third kappa shape index (κ3) is 3.95. The molecule has 0 radical (unpaired) electrons. The molecular formula is C16H23IN2O. The molecule has 3 nitrogen and oxygen atoms in total. The van der Waals surface area contributed by atoms with Gasteiger partial charge < -0.3 is 9.80 Å². The highest BCUT2D eigenvalue weighted by molar-refractivity contribution is 14.1. The van der Waals surface area contributed by atoms with E-state index in [-0.39, 0.29) is 5.91 Å². The summed E-state index contributed by atoms with van der Waals surface area (Å²) in [5, 5.41) is 0. The summed E-state index contributed by atoms with van der Waals surface area (Å²) in [5.74, 6) is 0.150. The van der Waals surface area contributed by atoms with E-state index in [2.05, 4.69) is 34.4 Å². The highest BCUT2D eigenvalue weighted by atomic mass is 127. The number of benzene rings is 1. The number of halogens is 1. The Kier molecular flexibility index (Phi) is 5.84. The first kappa shape index (κ1) is 15.8. The Labute approximate surface area is 135 Å². The van der Waals surface area contributed by atoms with Crippen LogP contribution >= 0.6 is 22.6 Å². The van der Waals surface area contributed by atoms with Crippen molar-refractivity contribution in [2.24, 2.45) is 0 Å². The quantitative estimate of drug-likeness (QED) is 0.742. The lowest BCUT2D eigenvalue weighted by atomic mass is 10.0. The summed E-state index contributed by atoms with van der Waals surface area (Å²) in [5.41, 5.74) is 0.801. The van der Waals surface area contributed by atoms with Gasteiger partial charge in [-0.05, 0) is 66.6 Å². The van der Waals surface area contributed by atoms with Crippen LogP contribution in [0.5, 0.6) is 0 Å². The lowest BCUT2D eigenvalue weighted by Gasteiger charge is -2.36. The average molecular weight is 386 g/mol.